The fraction of sp³-hybridized carbons (Fsp3) is 0.278. The first-order chi connectivity index (χ1) is 11.6. The Morgan fingerprint density at radius 3 is 2.75 bits per heavy atom. The van der Waals surface area contributed by atoms with Gasteiger partial charge in [0.2, 0.25) is 5.43 Å². The van der Waals surface area contributed by atoms with Crippen LogP contribution >= 0.6 is 0 Å². The third kappa shape index (κ3) is 3.08. The Hall–Kier alpha value is -2.89. The van der Waals surface area contributed by atoms with E-state index in [0.29, 0.717) is 24.9 Å². The van der Waals surface area contributed by atoms with Gasteiger partial charge in [-0.2, -0.15) is 5.10 Å². The van der Waals surface area contributed by atoms with Gasteiger partial charge in [0.1, 0.15) is 11.5 Å². The van der Waals surface area contributed by atoms with Crippen molar-refractivity contribution in [1.29, 1.82) is 0 Å². The Bertz CT molecular complexity index is 940. The molecule has 1 amide bonds. The van der Waals surface area contributed by atoms with E-state index in [1.165, 1.54) is 0 Å². The van der Waals surface area contributed by atoms with Gasteiger partial charge in [0, 0.05) is 24.9 Å². The van der Waals surface area contributed by atoms with Crippen LogP contribution in [0.25, 0.3) is 10.9 Å². The Labute approximate surface area is 139 Å². The number of para-hydroxylation sites is 1. The van der Waals surface area contributed by atoms with E-state index in [0.717, 1.165) is 17.0 Å². The quantitative estimate of drug-likeness (QED) is 0.781. The minimum Gasteiger partial charge on any atom is -0.466 e. The molecule has 6 heteroatoms. The third-order valence-electron chi connectivity index (χ3n) is 3.83. The van der Waals surface area contributed by atoms with E-state index < -0.39 is 5.91 Å². The molecule has 0 spiro atoms. The lowest BCUT2D eigenvalue weighted by Crippen LogP contribution is -2.33. The molecule has 2 heterocycles. The molecule has 0 saturated carbocycles. The number of carbonyl (C=O) groups excluding carboxylic acids is 1. The molecule has 0 fully saturated rings. The summed E-state index contributed by atoms with van der Waals surface area (Å²) in [4.78, 5) is 24.9. The number of benzene rings is 1. The van der Waals surface area contributed by atoms with Crippen LogP contribution in [0.15, 0.2) is 45.6 Å². The zero-order chi connectivity index (χ0) is 17.1. The molecule has 2 aromatic heterocycles. The van der Waals surface area contributed by atoms with Gasteiger partial charge in [-0.25, -0.2) is 0 Å². The van der Waals surface area contributed by atoms with Crippen LogP contribution in [-0.2, 0) is 13.0 Å². The van der Waals surface area contributed by atoms with Crippen LogP contribution in [0.2, 0.25) is 0 Å². The second-order valence-corrected chi connectivity index (χ2v) is 5.53. The highest BCUT2D eigenvalue weighted by Gasteiger charge is 2.16. The van der Waals surface area contributed by atoms with E-state index in [-0.39, 0.29) is 11.1 Å². The molecule has 124 valence electrons. The number of hydrogen-bond acceptors (Lipinski definition) is 4. The van der Waals surface area contributed by atoms with Crippen molar-refractivity contribution in [3.8, 4) is 0 Å². The minimum atomic E-state index is -0.462. The Kier molecular flexibility index (Phi) is 4.46. The summed E-state index contributed by atoms with van der Waals surface area (Å²) in [5.74, 6) is 1.17. The molecule has 0 radical (unpaired) electrons. The van der Waals surface area contributed by atoms with E-state index in [2.05, 4.69) is 10.4 Å². The van der Waals surface area contributed by atoms with Gasteiger partial charge in [0.05, 0.1) is 5.52 Å². The van der Waals surface area contributed by atoms with Crippen molar-refractivity contribution in [2.75, 3.05) is 6.54 Å². The number of furan rings is 1. The molecule has 0 aliphatic heterocycles. The van der Waals surface area contributed by atoms with E-state index in [9.17, 15) is 9.59 Å². The topological polar surface area (TPSA) is 77.1 Å². The van der Waals surface area contributed by atoms with Crippen LogP contribution < -0.4 is 10.7 Å². The maximum Gasteiger partial charge on any atom is 0.275 e. The van der Waals surface area contributed by atoms with Crippen molar-refractivity contribution < 1.29 is 9.21 Å². The van der Waals surface area contributed by atoms with Gasteiger partial charge < -0.3 is 9.73 Å². The first-order valence-electron chi connectivity index (χ1n) is 7.93. The van der Waals surface area contributed by atoms with Gasteiger partial charge in [-0.15, -0.1) is 0 Å². The second kappa shape index (κ2) is 6.70. The number of hydrogen-bond donors (Lipinski definition) is 1. The summed E-state index contributed by atoms with van der Waals surface area (Å²) in [6, 6.07) is 10.9. The summed E-state index contributed by atoms with van der Waals surface area (Å²) >= 11 is 0. The highest BCUT2D eigenvalue weighted by molar-refractivity contribution is 5.95. The molecule has 6 nitrogen and oxygen atoms in total. The SMILES string of the molecule is CCn1nc(C(=O)NCCc2ccc(C)o2)c(=O)c2ccccc21. The molecule has 3 rings (SSSR count). The predicted molar refractivity (Wildman–Crippen MR) is 91.2 cm³/mol. The fourth-order valence-electron chi connectivity index (χ4n) is 2.63. The zero-order valence-electron chi connectivity index (χ0n) is 13.7. The van der Waals surface area contributed by atoms with Crippen molar-refractivity contribution in [3.63, 3.8) is 0 Å². The van der Waals surface area contributed by atoms with Crippen molar-refractivity contribution in [2.45, 2.75) is 26.8 Å². The summed E-state index contributed by atoms with van der Waals surface area (Å²) in [5, 5.41) is 7.46. The van der Waals surface area contributed by atoms with Crippen molar-refractivity contribution in [3.05, 3.63) is 63.8 Å². The lowest BCUT2D eigenvalue weighted by molar-refractivity contribution is 0.0945. The molecular weight excluding hydrogens is 306 g/mol. The molecule has 0 unspecified atom stereocenters. The number of nitrogens with one attached hydrogen (secondary N) is 1. The number of aryl methyl sites for hydroxylation is 2. The highest BCUT2D eigenvalue weighted by Crippen LogP contribution is 2.09. The minimum absolute atomic E-state index is 0.0776. The molecule has 0 aliphatic carbocycles. The van der Waals surface area contributed by atoms with Gasteiger partial charge in [-0.1, -0.05) is 12.1 Å². The van der Waals surface area contributed by atoms with Crippen LogP contribution in [0.4, 0.5) is 0 Å². The van der Waals surface area contributed by atoms with E-state index in [4.69, 9.17) is 4.42 Å². The Morgan fingerprint density at radius 1 is 1.25 bits per heavy atom. The average Bonchev–Trinajstić information content (AvgIpc) is 3.00. The number of fused-ring (bicyclic) bond motifs is 1. The van der Waals surface area contributed by atoms with Crippen molar-refractivity contribution >= 4 is 16.8 Å². The highest BCUT2D eigenvalue weighted by atomic mass is 16.3. The Balaban J connectivity index is 1.81. The van der Waals surface area contributed by atoms with Crippen LogP contribution in [0.5, 0.6) is 0 Å². The lowest BCUT2D eigenvalue weighted by atomic mass is 10.2. The van der Waals surface area contributed by atoms with E-state index in [1.807, 2.05) is 38.1 Å². The normalized spacial score (nSPS) is 10.9. The summed E-state index contributed by atoms with van der Waals surface area (Å²) in [7, 11) is 0. The molecule has 1 N–H and O–H groups in total. The van der Waals surface area contributed by atoms with Crippen molar-refractivity contribution in [2.24, 2.45) is 0 Å². The lowest BCUT2D eigenvalue weighted by Gasteiger charge is -2.10. The maximum atomic E-state index is 12.5. The third-order valence-corrected chi connectivity index (χ3v) is 3.83. The zero-order valence-corrected chi connectivity index (χ0v) is 13.7. The first-order valence-corrected chi connectivity index (χ1v) is 7.93. The molecule has 1 aromatic carbocycles. The number of nitrogens with zero attached hydrogens (tertiary/aromatic N) is 2. The molecule has 0 bridgehead atoms. The summed E-state index contributed by atoms with van der Waals surface area (Å²) in [5.41, 5.74) is 0.306. The van der Waals surface area contributed by atoms with Gasteiger partial charge in [0.15, 0.2) is 5.69 Å². The Morgan fingerprint density at radius 2 is 2.04 bits per heavy atom. The van der Waals surface area contributed by atoms with Crippen LogP contribution in [0, 0.1) is 6.92 Å². The first kappa shape index (κ1) is 16.0. The van der Waals surface area contributed by atoms with Crippen LogP contribution in [0.1, 0.15) is 28.9 Å². The van der Waals surface area contributed by atoms with E-state index >= 15 is 0 Å². The average molecular weight is 325 g/mol. The number of carbonyl (C=O) groups is 1. The van der Waals surface area contributed by atoms with Crippen molar-refractivity contribution in [1.82, 2.24) is 15.1 Å². The molecule has 3 aromatic rings. The summed E-state index contributed by atoms with van der Waals surface area (Å²) in [6.07, 6.45) is 0.565. The predicted octanol–water partition coefficient (Wildman–Crippen LogP) is 2.29. The largest absolute Gasteiger partial charge is 0.466 e. The smallest absolute Gasteiger partial charge is 0.275 e. The van der Waals surface area contributed by atoms with Crippen LogP contribution in [0.3, 0.4) is 0 Å². The summed E-state index contributed by atoms with van der Waals surface area (Å²) < 4.78 is 7.12. The standard InChI is InChI=1S/C18H19N3O3/c1-3-21-15-7-5-4-6-14(15)17(22)16(20-21)18(23)19-11-10-13-9-8-12(2)24-13/h4-9H,3,10-11H2,1-2H3,(H,19,23). The fourth-order valence-corrected chi connectivity index (χ4v) is 2.63. The molecule has 24 heavy (non-hydrogen) atoms. The van der Waals surface area contributed by atoms with Crippen LogP contribution in [-0.4, -0.2) is 22.2 Å². The van der Waals surface area contributed by atoms with Gasteiger partial charge in [0.25, 0.3) is 5.91 Å². The van der Waals surface area contributed by atoms with Gasteiger partial charge >= 0.3 is 0 Å². The molecule has 0 saturated heterocycles. The molecule has 0 atom stereocenters. The summed E-state index contributed by atoms with van der Waals surface area (Å²) in [6.45, 7) is 4.75. The number of rotatable bonds is 5. The van der Waals surface area contributed by atoms with E-state index in [1.54, 1.807) is 16.8 Å². The molecule has 0 aliphatic rings. The monoisotopic (exact) mass is 325 g/mol. The second-order valence-electron chi connectivity index (χ2n) is 5.53. The number of aromatic nitrogens is 2. The molecular formula is C18H19N3O3. The number of amides is 1. The van der Waals surface area contributed by atoms with Gasteiger partial charge in [-0.3, -0.25) is 14.3 Å². The maximum absolute atomic E-state index is 12.5. The van der Waals surface area contributed by atoms with Gasteiger partial charge in [-0.05, 0) is 38.1 Å².